The largest absolute Gasteiger partial charge is 0.346 e. The summed E-state index contributed by atoms with van der Waals surface area (Å²) in [5.41, 5.74) is 0.140. The van der Waals surface area contributed by atoms with Crippen LogP contribution in [0.25, 0.3) is 0 Å². The van der Waals surface area contributed by atoms with Crippen LogP contribution >= 0.6 is 22.6 Å². The SMILES string of the molecule is CCN(C)C(=O)CC(C)(C)CI. The summed E-state index contributed by atoms with van der Waals surface area (Å²) in [4.78, 5) is 13.2. The molecule has 0 aliphatic rings. The molecule has 0 saturated carbocycles. The van der Waals surface area contributed by atoms with Gasteiger partial charge in [0.15, 0.2) is 0 Å². The van der Waals surface area contributed by atoms with Crippen LogP contribution in [-0.4, -0.2) is 28.8 Å². The molecule has 0 aromatic rings. The molecule has 0 saturated heterocycles. The molecule has 0 aromatic carbocycles. The quantitative estimate of drug-likeness (QED) is 0.573. The zero-order valence-corrected chi connectivity index (χ0v) is 10.5. The van der Waals surface area contributed by atoms with Gasteiger partial charge < -0.3 is 4.90 Å². The lowest BCUT2D eigenvalue weighted by atomic mass is 9.91. The summed E-state index contributed by atoms with van der Waals surface area (Å²) in [7, 11) is 1.85. The van der Waals surface area contributed by atoms with Crippen molar-refractivity contribution < 1.29 is 4.79 Å². The van der Waals surface area contributed by atoms with Gasteiger partial charge in [0.2, 0.25) is 5.91 Å². The van der Waals surface area contributed by atoms with Gasteiger partial charge in [-0.05, 0) is 12.3 Å². The summed E-state index contributed by atoms with van der Waals surface area (Å²) in [5.74, 6) is 0.249. The summed E-state index contributed by atoms with van der Waals surface area (Å²) in [6.45, 7) is 7.05. The Bertz CT molecular complexity index is 157. The van der Waals surface area contributed by atoms with Crippen LogP contribution in [0.3, 0.4) is 0 Å². The van der Waals surface area contributed by atoms with Crippen molar-refractivity contribution in [2.24, 2.45) is 5.41 Å². The van der Waals surface area contributed by atoms with E-state index in [9.17, 15) is 4.79 Å². The Labute approximate surface area is 88.8 Å². The maximum Gasteiger partial charge on any atom is 0.222 e. The zero-order chi connectivity index (χ0) is 9.78. The number of carbonyl (C=O) groups excluding carboxylic acids is 1. The van der Waals surface area contributed by atoms with Gasteiger partial charge in [0, 0.05) is 24.4 Å². The molecular weight excluding hydrogens is 265 g/mol. The van der Waals surface area contributed by atoms with E-state index in [-0.39, 0.29) is 11.3 Å². The summed E-state index contributed by atoms with van der Waals surface area (Å²) >= 11 is 2.33. The van der Waals surface area contributed by atoms with E-state index in [1.165, 1.54) is 0 Å². The number of alkyl halides is 1. The van der Waals surface area contributed by atoms with E-state index in [0.29, 0.717) is 6.42 Å². The lowest BCUT2D eigenvalue weighted by Crippen LogP contribution is -2.31. The van der Waals surface area contributed by atoms with Crippen LogP contribution < -0.4 is 0 Å². The van der Waals surface area contributed by atoms with Crippen LogP contribution in [0.2, 0.25) is 0 Å². The van der Waals surface area contributed by atoms with Gasteiger partial charge in [-0.25, -0.2) is 0 Å². The Morgan fingerprint density at radius 2 is 2.00 bits per heavy atom. The second-order valence-electron chi connectivity index (χ2n) is 3.88. The molecule has 2 nitrogen and oxygen atoms in total. The molecule has 3 heteroatoms. The molecular formula is C9H18INO. The molecule has 0 aromatic heterocycles. The molecule has 72 valence electrons. The maximum atomic E-state index is 11.5. The molecule has 0 spiro atoms. The molecule has 12 heavy (non-hydrogen) atoms. The minimum absolute atomic E-state index is 0.140. The van der Waals surface area contributed by atoms with Crippen molar-refractivity contribution in [1.29, 1.82) is 0 Å². The van der Waals surface area contributed by atoms with Crippen molar-refractivity contribution >= 4 is 28.5 Å². The van der Waals surface area contributed by atoms with Crippen molar-refractivity contribution in [3.05, 3.63) is 0 Å². The van der Waals surface area contributed by atoms with Crippen LogP contribution in [0.1, 0.15) is 27.2 Å². The van der Waals surface area contributed by atoms with Crippen LogP contribution in [0.5, 0.6) is 0 Å². The van der Waals surface area contributed by atoms with Crippen LogP contribution in [0.4, 0.5) is 0 Å². The molecule has 0 fully saturated rings. The molecule has 1 amide bonds. The first-order valence-corrected chi connectivity index (χ1v) is 5.75. The van der Waals surface area contributed by atoms with E-state index in [4.69, 9.17) is 0 Å². The first-order chi connectivity index (χ1) is 5.43. The van der Waals surface area contributed by atoms with Crippen LogP contribution in [0.15, 0.2) is 0 Å². The average molecular weight is 283 g/mol. The molecule has 0 rings (SSSR count). The number of hydrogen-bond acceptors (Lipinski definition) is 1. The van der Waals surface area contributed by atoms with E-state index in [1.54, 1.807) is 4.90 Å². The Balaban J connectivity index is 4.00. The van der Waals surface area contributed by atoms with Gasteiger partial charge in [-0.1, -0.05) is 36.4 Å². The Morgan fingerprint density at radius 3 is 2.33 bits per heavy atom. The first kappa shape index (κ1) is 12.2. The first-order valence-electron chi connectivity index (χ1n) is 4.23. The van der Waals surface area contributed by atoms with Gasteiger partial charge >= 0.3 is 0 Å². The minimum atomic E-state index is 0.140. The average Bonchev–Trinajstić information content (AvgIpc) is 2.02. The topological polar surface area (TPSA) is 20.3 Å². The highest BCUT2D eigenvalue weighted by Crippen LogP contribution is 2.23. The fourth-order valence-electron chi connectivity index (χ4n) is 0.768. The van der Waals surface area contributed by atoms with E-state index in [2.05, 4.69) is 36.4 Å². The molecule has 0 atom stereocenters. The maximum absolute atomic E-state index is 11.5. The van der Waals surface area contributed by atoms with E-state index in [0.717, 1.165) is 11.0 Å². The van der Waals surface area contributed by atoms with Gasteiger partial charge in [0.1, 0.15) is 0 Å². The van der Waals surface area contributed by atoms with Gasteiger partial charge in [0.25, 0.3) is 0 Å². The summed E-state index contributed by atoms with van der Waals surface area (Å²) < 4.78 is 1.02. The standard InChI is InChI=1S/C9H18INO/c1-5-11(4)8(12)6-9(2,3)7-10/h5-7H2,1-4H3. The van der Waals surface area contributed by atoms with Crippen LogP contribution in [0, 0.1) is 5.41 Å². The molecule has 0 N–H and O–H groups in total. The summed E-state index contributed by atoms with van der Waals surface area (Å²) in [5, 5.41) is 0. The van der Waals surface area contributed by atoms with E-state index < -0.39 is 0 Å². The molecule has 0 aliphatic carbocycles. The number of hydrogen-bond donors (Lipinski definition) is 0. The Hall–Kier alpha value is 0.200. The van der Waals surface area contributed by atoms with Crippen LogP contribution in [-0.2, 0) is 4.79 Å². The van der Waals surface area contributed by atoms with Crippen molar-refractivity contribution in [1.82, 2.24) is 4.90 Å². The predicted molar refractivity (Wildman–Crippen MR) is 60.6 cm³/mol. The number of carbonyl (C=O) groups is 1. The van der Waals surface area contributed by atoms with Gasteiger partial charge in [0.05, 0.1) is 0 Å². The second kappa shape index (κ2) is 5.04. The van der Waals surface area contributed by atoms with E-state index >= 15 is 0 Å². The van der Waals surface area contributed by atoms with Gasteiger partial charge in [-0.3, -0.25) is 4.79 Å². The van der Waals surface area contributed by atoms with E-state index in [1.807, 2.05) is 14.0 Å². The van der Waals surface area contributed by atoms with Gasteiger partial charge in [-0.2, -0.15) is 0 Å². The monoisotopic (exact) mass is 283 g/mol. The van der Waals surface area contributed by atoms with Crippen molar-refractivity contribution in [2.75, 3.05) is 18.0 Å². The Kier molecular flexibility index (Phi) is 5.13. The predicted octanol–water partition coefficient (Wildman–Crippen LogP) is 2.32. The smallest absolute Gasteiger partial charge is 0.222 e. The van der Waals surface area contributed by atoms with Gasteiger partial charge in [-0.15, -0.1) is 0 Å². The number of nitrogens with zero attached hydrogens (tertiary/aromatic N) is 1. The summed E-state index contributed by atoms with van der Waals surface area (Å²) in [6, 6.07) is 0. The summed E-state index contributed by atoms with van der Waals surface area (Å²) in [6.07, 6.45) is 0.653. The third-order valence-electron chi connectivity index (χ3n) is 1.89. The third-order valence-corrected chi connectivity index (χ3v) is 3.96. The zero-order valence-electron chi connectivity index (χ0n) is 8.35. The minimum Gasteiger partial charge on any atom is -0.346 e. The lowest BCUT2D eigenvalue weighted by molar-refractivity contribution is -0.131. The third kappa shape index (κ3) is 4.28. The molecule has 0 aliphatic heterocycles. The highest BCUT2D eigenvalue weighted by Gasteiger charge is 2.21. The number of halogens is 1. The fourth-order valence-corrected chi connectivity index (χ4v) is 1.04. The van der Waals surface area contributed by atoms with Crippen molar-refractivity contribution in [3.63, 3.8) is 0 Å². The fraction of sp³-hybridized carbons (Fsp3) is 0.889. The lowest BCUT2D eigenvalue weighted by Gasteiger charge is -2.24. The Morgan fingerprint density at radius 1 is 1.50 bits per heavy atom. The van der Waals surface area contributed by atoms with Crippen molar-refractivity contribution in [2.45, 2.75) is 27.2 Å². The molecule has 0 radical (unpaired) electrons. The highest BCUT2D eigenvalue weighted by atomic mass is 127. The highest BCUT2D eigenvalue weighted by molar-refractivity contribution is 14.1. The number of rotatable bonds is 4. The number of amides is 1. The van der Waals surface area contributed by atoms with Crippen molar-refractivity contribution in [3.8, 4) is 0 Å². The molecule has 0 bridgehead atoms. The molecule has 0 unspecified atom stereocenters. The normalized spacial score (nSPS) is 11.4. The molecule has 0 heterocycles. The second-order valence-corrected chi connectivity index (χ2v) is 4.65.